The largest absolute Gasteiger partial charge is 0.378 e. The predicted molar refractivity (Wildman–Crippen MR) is 146 cm³/mol. The molecule has 9 heteroatoms. The lowest BCUT2D eigenvalue weighted by molar-refractivity contribution is -0.183. The van der Waals surface area contributed by atoms with Crippen LogP contribution in [0.25, 0.3) is 5.69 Å². The van der Waals surface area contributed by atoms with Crippen LogP contribution in [-0.4, -0.2) is 40.1 Å². The molecule has 1 unspecified atom stereocenters. The van der Waals surface area contributed by atoms with Crippen LogP contribution in [0.15, 0.2) is 54.7 Å². The molecule has 0 bridgehead atoms. The second-order valence-corrected chi connectivity index (χ2v) is 10.3. The molecule has 1 aromatic heterocycles. The fraction of sp³-hybridized carbons (Fsp3) is 0.414. The number of nitrogens with zero attached hydrogens (tertiary/aromatic N) is 3. The van der Waals surface area contributed by atoms with Crippen molar-refractivity contribution in [3.63, 3.8) is 0 Å². The van der Waals surface area contributed by atoms with E-state index in [-0.39, 0.29) is 24.9 Å². The summed E-state index contributed by atoms with van der Waals surface area (Å²) in [6.45, 7) is 2.20. The van der Waals surface area contributed by atoms with Crippen molar-refractivity contribution >= 4 is 29.2 Å². The lowest BCUT2D eigenvalue weighted by Crippen LogP contribution is -2.29. The highest BCUT2D eigenvalue weighted by Crippen LogP contribution is 2.38. The second-order valence-electron chi connectivity index (χ2n) is 9.83. The van der Waals surface area contributed by atoms with Gasteiger partial charge in [-0.3, -0.25) is 9.74 Å². The Labute approximate surface area is 227 Å². The zero-order valence-corrected chi connectivity index (χ0v) is 22.6. The van der Waals surface area contributed by atoms with Crippen LogP contribution in [-0.2, 0) is 16.2 Å². The van der Waals surface area contributed by atoms with Gasteiger partial charge in [-0.2, -0.15) is 5.10 Å². The van der Waals surface area contributed by atoms with Gasteiger partial charge in [-0.15, -0.1) is 0 Å². The highest BCUT2D eigenvalue weighted by Gasteiger charge is 2.29. The zero-order chi connectivity index (χ0) is 27.1. The summed E-state index contributed by atoms with van der Waals surface area (Å²) in [7, 11) is 1.57. The third-order valence-corrected chi connectivity index (χ3v) is 7.50. The molecule has 4 rings (SSSR count). The molecule has 0 radical (unpaired) electrons. The maximum absolute atomic E-state index is 12.7. The topological polar surface area (TPSA) is 76.5 Å². The number of hydrogen-bond acceptors (Lipinski definition) is 5. The SMILES string of the molecule is CCc1nn(-c2ccc(Cl)cc2)cc1C(Nc1ccc(C(=O)N(C)CCC(=O)OF)cc1)C1CCCCC1. The van der Waals surface area contributed by atoms with Gasteiger partial charge in [-0.25, -0.2) is 9.48 Å². The Bertz CT molecular complexity index is 1220. The third kappa shape index (κ3) is 6.72. The number of aromatic nitrogens is 2. The van der Waals surface area contributed by atoms with E-state index in [1.165, 1.54) is 29.7 Å². The zero-order valence-electron chi connectivity index (χ0n) is 21.8. The van der Waals surface area contributed by atoms with Crippen LogP contribution in [0.4, 0.5) is 10.2 Å². The first kappa shape index (κ1) is 27.6. The predicted octanol–water partition coefficient (Wildman–Crippen LogP) is 6.71. The molecular formula is C29H34ClFN4O3. The van der Waals surface area contributed by atoms with Crippen molar-refractivity contribution in [1.29, 1.82) is 0 Å². The Hall–Kier alpha value is -3.39. The van der Waals surface area contributed by atoms with E-state index < -0.39 is 5.97 Å². The number of aryl methyl sites for hydroxylation is 1. The number of carbonyl (C=O) groups excluding carboxylic acids is 2. The van der Waals surface area contributed by atoms with Gasteiger partial charge in [0.2, 0.25) is 0 Å². The Balaban J connectivity index is 1.56. The van der Waals surface area contributed by atoms with Crippen molar-refractivity contribution < 1.29 is 19.1 Å². The van der Waals surface area contributed by atoms with E-state index in [1.54, 1.807) is 19.2 Å². The molecule has 0 aliphatic heterocycles. The van der Waals surface area contributed by atoms with Gasteiger partial charge >= 0.3 is 5.97 Å². The van der Waals surface area contributed by atoms with E-state index in [0.717, 1.165) is 36.3 Å². The van der Waals surface area contributed by atoms with Crippen LogP contribution in [0.3, 0.4) is 0 Å². The maximum atomic E-state index is 12.7. The summed E-state index contributed by atoms with van der Waals surface area (Å²) < 4.78 is 13.9. The summed E-state index contributed by atoms with van der Waals surface area (Å²) in [4.78, 5) is 28.3. The third-order valence-electron chi connectivity index (χ3n) is 7.24. The molecule has 1 fully saturated rings. The molecule has 0 spiro atoms. The van der Waals surface area contributed by atoms with Crippen molar-refractivity contribution in [3.05, 3.63) is 76.6 Å². The fourth-order valence-corrected chi connectivity index (χ4v) is 5.23. The number of amides is 1. The Morgan fingerprint density at radius 2 is 1.82 bits per heavy atom. The van der Waals surface area contributed by atoms with Crippen LogP contribution in [0.2, 0.25) is 5.02 Å². The van der Waals surface area contributed by atoms with E-state index in [1.807, 2.05) is 41.1 Å². The molecule has 0 saturated heterocycles. The summed E-state index contributed by atoms with van der Waals surface area (Å²) in [6, 6.07) is 15.1. The number of rotatable bonds is 10. The highest BCUT2D eigenvalue weighted by molar-refractivity contribution is 6.30. The molecule has 202 valence electrons. The standard InChI is InChI=1S/C29H34ClFN4O3/c1-3-26-25(19-35(33-26)24-15-11-22(30)12-16-24)28(20-7-5-4-6-8-20)32-23-13-9-21(10-14-23)29(37)34(2)18-17-27(36)38-31/h9-16,19-20,28,32H,3-8,17-18H2,1-2H3. The first-order valence-corrected chi connectivity index (χ1v) is 13.5. The summed E-state index contributed by atoms with van der Waals surface area (Å²) in [5.41, 5.74) is 4.62. The fourth-order valence-electron chi connectivity index (χ4n) is 5.11. The molecule has 1 aliphatic rings. The Kier molecular flexibility index (Phi) is 9.39. The average Bonchev–Trinajstić information content (AvgIpc) is 3.39. The van der Waals surface area contributed by atoms with Gasteiger partial charge in [-0.05, 0) is 73.7 Å². The van der Waals surface area contributed by atoms with E-state index in [9.17, 15) is 14.1 Å². The van der Waals surface area contributed by atoms with Crippen LogP contribution >= 0.6 is 11.6 Å². The molecule has 3 aromatic rings. The van der Waals surface area contributed by atoms with Crippen molar-refractivity contribution in [2.24, 2.45) is 5.92 Å². The first-order valence-electron chi connectivity index (χ1n) is 13.2. The minimum atomic E-state index is -0.996. The Morgan fingerprint density at radius 3 is 2.45 bits per heavy atom. The number of benzene rings is 2. The van der Waals surface area contributed by atoms with Crippen LogP contribution < -0.4 is 5.32 Å². The number of anilines is 1. The highest BCUT2D eigenvalue weighted by atomic mass is 35.5. The summed E-state index contributed by atoms with van der Waals surface area (Å²) >= 11 is 6.09. The minimum absolute atomic E-state index is 0.0722. The van der Waals surface area contributed by atoms with Crippen molar-refractivity contribution in [2.75, 3.05) is 18.9 Å². The van der Waals surface area contributed by atoms with E-state index in [2.05, 4.69) is 23.4 Å². The van der Waals surface area contributed by atoms with Crippen LogP contribution in [0.1, 0.15) is 73.1 Å². The van der Waals surface area contributed by atoms with E-state index >= 15 is 0 Å². The maximum Gasteiger partial charge on any atom is 0.350 e. The van der Waals surface area contributed by atoms with Gasteiger partial charge < -0.3 is 10.2 Å². The first-order chi connectivity index (χ1) is 18.4. The van der Waals surface area contributed by atoms with Gasteiger partial charge in [0.15, 0.2) is 0 Å². The quantitative estimate of drug-likeness (QED) is 0.309. The summed E-state index contributed by atoms with van der Waals surface area (Å²) in [5.74, 6) is -0.770. The average molecular weight is 541 g/mol. The molecule has 1 amide bonds. The smallest absolute Gasteiger partial charge is 0.350 e. The number of halogens is 2. The van der Waals surface area contributed by atoms with E-state index in [4.69, 9.17) is 16.7 Å². The van der Waals surface area contributed by atoms with Crippen molar-refractivity contribution in [1.82, 2.24) is 14.7 Å². The second kappa shape index (κ2) is 12.9. The van der Waals surface area contributed by atoms with Gasteiger partial charge in [0.25, 0.3) is 5.91 Å². The van der Waals surface area contributed by atoms with Crippen LogP contribution in [0.5, 0.6) is 0 Å². The lowest BCUT2D eigenvalue weighted by Gasteiger charge is -2.32. The molecule has 2 aromatic carbocycles. The molecule has 1 atom stereocenters. The molecule has 1 saturated carbocycles. The summed E-state index contributed by atoms with van der Waals surface area (Å²) in [6.07, 6.45) is 8.73. The van der Waals surface area contributed by atoms with E-state index in [0.29, 0.717) is 16.5 Å². The summed E-state index contributed by atoms with van der Waals surface area (Å²) in [5, 5.41) is 9.35. The molecular weight excluding hydrogens is 507 g/mol. The molecule has 38 heavy (non-hydrogen) atoms. The number of carbonyl (C=O) groups is 2. The number of nitrogens with one attached hydrogen (secondary N) is 1. The monoisotopic (exact) mass is 540 g/mol. The normalized spacial score (nSPS) is 14.6. The van der Waals surface area contributed by atoms with Gasteiger partial charge in [0.05, 0.1) is 23.8 Å². The minimum Gasteiger partial charge on any atom is -0.378 e. The van der Waals surface area contributed by atoms with Gasteiger partial charge in [0.1, 0.15) is 0 Å². The van der Waals surface area contributed by atoms with Gasteiger partial charge in [0, 0.05) is 46.2 Å². The van der Waals surface area contributed by atoms with Gasteiger partial charge in [-0.1, -0.05) is 37.8 Å². The molecule has 1 heterocycles. The lowest BCUT2D eigenvalue weighted by atomic mass is 9.81. The van der Waals surface area contributed by atoms with Crippen molar-refractivity contribution in [3.8, 4) is 5.69 Å². The Morgan fingerprint density at radius 1 is 1.13 bits per heavy atom. The number of hydrogen-bond donors (Lipinski definition) is 1. The molecule has 1 N–H and O–H groups in total. The van der Waals surface area contributed by atoms with Crippen LogP contribution in [0, 0.1) is 5.92 Å². The van der Waals surface area contributed by atoms with Crippen molar-refractivity contribution in [2.45, 2.75) is 57.9 Å². The molecule has 7 nitrogen and oxygen atoms in total. The molecule has 1 aliphatic carbocycles.